The molecule has 0 aliphatic carbocycles. The summed E-state index contributed by atoms with van der Waals surface area (Å²) in [4.78, 5) is 8.90. The van der Waals surface area contributed by atoms with Crippen LogP contribution < -0.4 is 4.90 Å². The van der Waals surface area contributed by atoms with Gasteiger partial charge in [-0.15, -0.1) is 10.2 Å². The number of hydrogen-bond donors (Lipinski definition) is 1. The number of aromatic nitrogens is 4. The van der Waals surface area contributed by atoms with E-state index in [0.29, 0.717) is 23.3 Å². The largest absolute Gasteiger partial charge is 0.507 e. The number of anilines is 1. The maximum atomic E-state index is 10.5. The van der Waals surface area contributed by atoms with Gasteiger partial charge in [0.25, 0.3) is 0 Å². The number of fused-ring (bicyclic) bond motifs is 2. The van der Waals surface area contributed by atoms with Gasteiger partial charge in [-0.2, -0.15) is 0 Å². The number of phenols is 1. The molecule has 7 heteroatoms. The smallest absolute Gasteiger partial charge is 0.151 e. The van der Waals surface area contributed by atoms with Gasteiger partial charge in [-0.05, 0) is 63.9 Å². The van der Waals surface area contributed by atoms with Crippen LogP contribution in [0, 0.1) is 0 Å². The SMILES string of the molecule is CN(c1ccc(-c2ccc(-n3ccnc3)cc2O)nn1)[C@H]1CC2CC[C@](C)(C1)N2C. The molecule has 1 aromatic carbocycles. The highest BCUT2D eigenvalue weighted by atomic mass is 16.3. The highest BCUT2D eigenvalue weighted by Gasteiger charge is 2.47. The van der Waals surface area contributed by atoms with Crippen molar-refractivity contribution >= 4 is 5.82 Å². The number of piperidine rings is 1. The van der Waals surface area contributed by atoms with Crippen molar-refractivity contribution in [1.82, 2.24) is 24.6 Å². The summed E-state index contributed by atoms with van der Waals surface area (Å²) < 4.78 is 1.85. The van der Waals surface area contributed by atoms with E-state index in [2.05, 4.69) is 46.0 Å². The summed E-state index contributed by atoms with van der Waals surface area (Å²) >= 11 is 0. The molecule has 2 fully saturated rings. The molecule has 2 aromatic heterocycles. The minimum atomic E-state index is 0.177. The lowest BCUT2D eigenvalue weighted by Crippen LogP contribution is -2.54. The molecule has 30 heavy (non-hydrogen) atoms. The van der Waals surface area contributed by atoms with Crippen LogP contribution in [0.1, 0.15) is 32.6 Å². The highest BCUT2D eigenvalue weighted by Crippen LogP contribution is 2.44. The van der Waals surface area contributed by atoms with E-state index in [1.807, 2.05) is 35.0 Å². The van der Waals surface area contributed by atoms with E-state index in [1.165, 1.54) is 19.3 Å². The Morgan fingerprint density at radius 2 is 2.07 bits per heavy atom. The third kappa shape index (κ3) is 3.13. The molecule has 156 valence electrons. The Balaban J connectivity index is 1.35. The standard InChI is InChI=1S/C23H28N6O/c1-23-9-8-16(28(23)3)12-18(14-23)27(2)22-7-6-20(25-26-22)19-5-4-17(13-21(19)30)29-11-10-24-15-29/h4-7,10-11,13,15-16,18,30H,8-9,12,14H2,1-3H3/t16?,18-,23+/m0/s1. The first-order chi connectivity index (χ1) is 14.4. The van der Waals surface area contributed by atoms with Crippen LogP contribution in [0.15, 0.2) is 49.1 Å². The summed E-state index contributed by atoms with van der Waals surface area (Å²) in [5.41, 5.74) is 2.48. The van der Waals surface area contributed by atoms with Crippen LogP contribution in [-0.4, -0.2) is 61.5 Å². The van der Waals surface area contributed by atoms with E-state index in [1.54, 1.807) is 18.6 Å². The predicted octanol–water partition coefficient (Wildman–Crippen LogP) is 3.49. The molecule has 2 aliphatic rings. The highest BCUT2D eigenvalue weighted by molar-refractivity contribution is 5.69. The molecular weight excluding hydrogens is 376 g/mol. The lowest BCUT2D eigenvalue weighted by Gasteiger charge is -2.46. The molecule has 3 aromatic rings. The maximum absolute atomic E-state index is 10.5. The van der Waals surface area contributed by atoms with Crippen molar-refractivity contribution in [3.05, 3.63) is 49.1 Å². The van der Waals surface area contributed by atoms with E-state index in [0.717, 1.165) is 17.9 Å². The zero-order chi connectivity index (χ0) is 20.9. The van der Waals surface area contributed by atoms with Crippen LogP contribution in [-0.2, 0) is 0 Å². The van der Waals surface area contributed by atoms with Gasteiger partial charge < -0.3 is 14.6 Å². The summed E-state index contributed by atoms with van der Waals surface area (Å²) in [6.07, 6.45) is 10.1. The Morgan fingerprint density at radius 3 is 2.73 bits per heavy atom. The zero-order valence-electron chi connectivity index (χ0n) is 17.7. The molecule has 0 spiro atoms. The van der Waals surface area contributed by atoms with E-state index < -0.39 is 0 Å². The number of hydrogen-bond acceptors (Lipinski definition) is 6. The predicted molar refractivity (Wildman–Crippen MR) is 117 cm³/mol. The number of imidazole rings is 1. The average molecular weight is 405 g/mol. The molecule has 1 unspecified atom stereocenters. The quantitative estimate of drug-likeness (QED) is 0.718. The lowest BCUT2D eigenvalue weighted by molar-refractivity contribution is 0.0846. The zero-order valence-corrected chi connectivity index (χ0v) is 17.7. The van der Waals surface area contributed by atoms with Gasteiger partial charge in [0.2, 0.25) is 0 Å². The van der Waals surface area contributed by atoms with E-state index >= 15 is 0 Å². The Hall–Kier alpha value is -2.93. The molecule has 2 aliphatic heterocycles. The third-order valence-corrected chi connectivity index (χ3v) is 7.25. The molecule has 0 radical (unpaired) electrons. The monoisotopic (exact) mass is 404 g/mol. The van der Waals surface area contributed by atoms with Gasteiger partial charge in [0.05, 0.1) is 17.7 Å². The molecule has 0 amide bonds. The van der Waals surface area contributed by atoms with Crippen LogP contribution in [0.4, 0.5) is 5.82 Å². The Labute approximate surface area is 177 Å². The molecule has 0 saturated carbocycles. The van der Waals surface area contributed by atoms with Gasteiger partial charge >= 0.3 is 0 Å². The second kappa shape index (κ2) is 7.09. The van der Waals surface area contributed by atoms with Gasteiger partial charge in [0.15, 0.2) is 5.82 Å². The second-order valence-corrected chi connectivity index (χ2v) is 8.95. The molecule has 3 atom stereocenters. The summed E-state index contributed by atoms with van der Waals surface area (Å²) in [6, 6.07) is 10.6. The summed E-state index contributed by atoms with van der Waals surface area (Å²) in [7, 11) is 4.40. The summed E-state index contributed by atoms with van der Waals surface area (Å²) in [6.45, 7) is 2.39. The fourth-order valence-electron chi connectivity index (χ4n) is 5.16. The molecule has 4 heterocycles. The topological polar surface area (TPSA) is 70.3 Å². The third-order valence-electron chi connectivity index (χ3n) is 7.25. The van der Waals surface area contributed by atoms with Crippen LogP contribution in [0.3, 0.4) is 0 Å². The first-order valence-electron chi connectivity index (χ1n) is 10.6. The van der Waals surface area contributed by atoms with Gasteiger partial charge in [0.1, 0.15) is 5.75 Å². The van der Waals surface area contributed by atoms with Crippen molar-refractivity contribution in [1.29, 1.82) is 0 Å². The van der Waals surface area contributed by atoms with Gasteiger partial charge in [-0.3, -0.25) is 4.90 Å². The van der Waals surface area contributed by atoms with Crippen molar-refractivity contribution < 1.29 is 5.11 Å². The summed E-state index contributed by atoms with van der Waals surface area (Å²) in [5, 5.41) is 19.4. The van der Waals surface area contributed by atoms with Crippen LogP contribution in [0.25, 0.3) is 16.9 Å². The fraction of sp³-hybridized carbons (Fsp3) is 0.435. The lowest BCUT2D eigenvalue weighted by atomic mass is 9.87. The Kier molecular flexibility index (Phi) is 4.50. The van der Waals surface area contributed by atoms with Crippen LogP contribution in [0.2, 0.25) is 0 Å². The van der Waals surface area contributed by atoms with Crippen molar-refractivity contribution in [2.45, 2.75) is 50.2 Å². The normalized spacial score (nSPS) is 26.1. The number of nitrogens with zero attached hydrogens (tertiary/aromatic N) is 6. The maximum Gasteiger partial charge on any atom is 0.151 e. The number of benzene rings is 1. The average Bonchev–Trinajstić information content (AvgIpc) is 3.33. The molecular formula is C23H28N6O. The first kappa shape index (κ1) is 19.1. The number of phenolic OH excluding ortho intramolecular Hbond substituents is 1. The summed E-state index contributed by atoms with van der Waals surface area (Å²) in [5.74, 6) is 1.06. The van der Waals surface area contributed by atoms with Gasteiger partial charge in [0, 0.05) is 48.7 Å². The number of aromatic hydroxyl groups is 1. The van der Waals surface area contributed by atoms with Gasteiger partial charge in [-0.25, -0.2) is 4.98 Å². The van der Waals surface area contributed by atoms with E-state index in [-0.39, 0.29) is 11.3 Å². The molecule has 1 N–H and O–H groups in total. The van der Waals surface area contributed by atoms with Crippen LogP contribution >= 0.6 is 0 Å². The molecule has 2 bridgehead atoms. The van der Waals surface area contributed by atoms with Crippen molar-refractivity contribution in [2.24, 2.45) is 0 Å². The van der Waals surface area contributed by atoms with Crippen molar-refractivity contribution in [3.8, 4) is 22.7 Å². The van der Waals surface area contributed by atoms with Crippen LogP contribution in [0.5, 0.6) is 5.75 Å². The Morgan fingerprint density at radius 1 is 1.20 bits per heavy atom. The molecule has 7 nitrogen and oxygen atoms in total. The number of rotatable bonds is 4. The van der Waals surface area contributed by atoms with E-state index in [9.17, 15) is 5.11 Å². The first-order valence-corrected chi connectivity index (χ1v) is 10.6. The minimum absolute atomic E-state index is 0.177. The Bertz CT molecular complexity index is 1030. The van der Waals surface area contributed by atoms with Crippen molar-refractivity contribution in [3.63, 3.8) is 0 Å². The molecule has 5 rings (SSSR count). The van der Waals surface area contributed by atoms with Gasteiger partial charge in [-0.1, -0.05) is 0 Å². The molecule has 2 saturated heterocycles. The second-order valence-electron chi connectivity index (χ2n) is 8.95. The van der Waals surface area contributed by atoms with Crippen molar-refractivity contribution in [2.75, 3.05) is 19.0 Å². The van der Waals surface area contributed by atoms with E-state index in [4.69, 9.17) is 0 Å². The minimum Gasteiger partial charge on any atom is -0.507 e. The fourth-order valence-corrected chi connectivity index (χ4v) is 5.16.